The molecule has 32 heavy (non-hydrogen) atoms. The van der Waals surface area contributed by atoms with Crippen LogP contribution in [-0.2, 0) is 6.18 Å². The van der Waals surface area contributed by atoms with Crippen molar-refractivity contribution in [2.75, 3.05) is 18.2 Å². The predicted octanol–water partition coefficient (Wildman–Crippen LogP) is 6.59. The van der Waals surface area contributed by atoms with E-state index >= 15 is 0 Å². The molecule has 10 heteroatoms. The minimum atomic E-state index is -4.68. The lowest BCUT2D eigenvalue weighted by Crippen LogP contribution is -2.12. The number of methoxy groups -OCH3 is 1. The number of fused-ring (bicyclic) bond motifs is 1. The minimum absolute atomic E-state index is 0.0316. The number of nitrogens with zero attached hydrogens (tertiary/aromatic N) is 1. The molecule has 0 unspecified atom stereocenters. The third kappa shape index (κ3) is 4.28. The highest BCUT2D eigenvalue weighted by atomic mass is 79.9. The molecule has 0 fully saturated rings. The van der Waals surface area contributed by atoms with E-state index in [4.69, 9.17) is 10.5 Å². The van der Waals surface area contributed by atoms with Crippen molar-refractivity contribution in [1.29, 1.82) is 0 Å². The number of halogens is 4. The zero-order valence-corrected chi connectivity index (χ0v) is 18.9. The molecule has 164 valence electrons. The normalized spacial score (nSPS) is 11.5. The molecule has 4 rings (SSSR count). The van der Waals surface area contributed by atoms with Gasteiger partial charge in [-0.1, -0.05) is 15.9 Å². The number of benzene rings is 2. The van der Waals surface area contributed by atoms with Crippen LogP contribution in [0.15, 0.2) is 59.1 Å². The fraction of sp³-hybridized carbons (Fsp3) is 0.0909. The summed E-state index contributed by atoms with van der Waals surface area (Å²) < 4.78 is 47.6. The van der Waals surface area contributed by atoms with E-state index in [0.29, 0.717) is 17.0 Å². The van der Waals surface area contributed by atoms with Crippen LogP contribution in [0.5, 0.6) is 5.75 Å². The van der Waals surface area contributed by atoms with Gasteiger partial charge in [-0.15, -0.1) is 11.3 Å². The van der Waals surface area contributed by atoms with Crippen molar-refractivity contribution in [2.45, 2.75) is 6.18 Å². The summed E-state index contributed by atoms with van der Waals surface area (Å²) in [5.41, 5.74) is 5.92. The van der Waals surface area contributed by atoms with E-state index in [1.165, 1.54) is 7.11 Å². The third-order valence-electron chi connectivity index (χ3n) is 4.70. The topological polar surface area (TPSA) is 77.2 Å². The van der Waals surface area contributed by atoms with Gasteiger partial charge in [-0.3, -0.25) is 4.79 Å². The summed E-state index contributed by atoms with van der Waals surface area (Å²) in [4.78, 5) is 17.1. The Labute approximate surface area is 193 Å². The molecule has 1 amide bonds. The molecule has 0 aliphatic heterocycles. The quantitative estimate of drug-likeness (QED) is 0.317. The number of rotatable bonds is 4. The average Bonchev–Trinajstić information content (AvgIpc) is 3.10. The Balaban J connectivity index is 1.82. The standard InChI is InChI=1S/C22H15BrF3N3O2S/c1-31-14-8-2-11(3-9-14)16-10-15(22(24,25)26)17-18(27)19(32-21(17)29-16)20(30)28-13-6-4-12(23)5-7-13/h2-10H,27H2,1H3,(H,28,30). The van der Waals surface area contributed by atoms with Crippen molar-refractivity contribution in [3.63, 3.8) is 0 Å². The maximum atomic E-state index is 13.9. The molecular weight excluding hydrogens is 507 g/mol. The van der Waals surface area contributed by atoms with Gasteiger partial charge in [0.2, 0.25) is 0 Å². The summed E-state index contributed by atoms with van der Waals surface area (Å²) in [5, 5.41) is 2.37. The highest BCUT2D eigenvalue weighted by Crippen LogP contribution is 2.43. The molecule has 4 aromatic rings. The van der Waals surface area contributed by atoms with E-state index < -0.39 is 17.6 Å². The highest BCUT2D eigenvalue weighted by Gasteiger charge is 2.36. The molecule has 0 radical (unpaired) electrons. The minimum Gasteiger partial charge on any atom is -0.497 e. The molecule has 0 saturated heterocycles. The van der Waals surface area contributed by atoms with E-state index in [1.54, 1.807) is 48.5 Å². The van der Waals surface area contributed by atoms with E-state index in [1.807, 2.05) is 0 Å². The van der Waals surface area contributed by atoms with Gasteiger partial charge in [-0.25, -0.2) is 4.98 Å². The second-order valence-electron chi connectivity index (χ2n) is 6.77. The predicted molar refractivity (Wildman–Crippen MR) is 123 cm³/mol. The van der Waals surface area contributed by atoms with Crippen molar-refractivity contribution >= 4 is 54.8 Å². The zero-order chi connectivity index (χ0) is 23.0. The van der Waals surface area contributed by atoms with Crippen LogP contribution in [0.3, 0.4) is 0 Å². The molecule has 0 aliphatic rings. The van der Waals surface area contributed by atoms with Gasteiger partial charge >= 0.3 is 6.18 Å². The molecule has 0 atom stereocenters. The van der Waals surface area contributed by atoms with Crippen LogP contribution in [0.1, 0.15) is 15.2 Å². The summed E-state index contributed by atoms with van der Waals surface area (Å²) in [6.45, 7) is 0. The van der Waals surface area contributed by atoms with Crippen LogP contribution in [0, 0.1) is 0 Å². The van der Waals surface area contributed by atoms with Crippen molar-refractivity contribution in [2.24, 2.45) is 0 Å². The number of nitrogen functional groups attached to an aromatic ring is 1. The van der Waals surface area contributed by atoms with Gasteiger partial charge in [0.05, 0.1) is 24.1 Å². The maximum absolute atomic E-state index is 13.9. The number of thiophene rings is 1. The highest BCUT2D eigenvalue weighted by molar-refractivity contribution is 9.10. The number of hydrogen-bond donors (Lipinski definition) is 2. The van der Waals surface area contributed by atoms with Crippen LogP contribution >= 0.6 is 27.3 Å². The van der Waals surface area contributed by atoms with E-state index in [9.17, 15) is 18.0 Å². The molecule has 3 N–H and O–H groups in total. The van der Waals surface area contributed by atoms with Crippen LogP contribution in [0.25, 0.3) is 21.5 Å². The SMILES string of the molecule is COc1ccc(-c2cc(C(F)(F)F)c3c(N)c(C(=O)Nc4ccc(Br)cc4)sc3n2)cc1. The van der Waals surface area contributed by atoms with Crippen LogP contribution in [0.4, 0.5) is 24.5 Å². The van der Waals surface area contributed by atoms with Crippen LogP contribution in [0.2, 0.25) is 0 Å². The van der Waals surface area contributed by atoms with Gasteiger partial charge in [-0.05, 0) is 54.6 Å². The van der Waals surface area contributed by atoms with Crippen LogP contribution in [-0.4, -0.2) is 18.0 Å². The Morgan fingerprint density at radius 1 is 1.12 bits per heavy atom. The number of nitrogens with one attached hydrogen (secondary N) is 1. The second kappa shape index (κ2) is 8.44. The Morgan fingerprint density at radius 3 is 2.38 bits per heavy atom. The van der Waals surface area contributed by atoms with Gasteiger partial charge < -0.3 is 15.8 Å². The van der Waals surface area contributed by atoms with E-state index in [0.717, 1.165) is 21.9 Å². The van der Waals surface area contributed by atoms with Gasteiger partial charge in [0.1, 0.15) is 15.5 Å². The summed E-state index contributed by atoms with van der Waals surface area (Å²) in [6.07, 6.45) is -4.68. The summed E-state index contributed by atoms with van der Waals surface area (Å²) in [5.74, 6) is -0.0370. The Morgan fingerprint density at radius 2 is 1.78 bits per heavy atom. The lowest BCUT2D eigenvalue weighted by atomic mass is 10.1. The number of alkyl halides is 3. The van der Waals surface area contributed by atoms with Crippen molar-refractivity contribution in [3.8, 4) is 17.0 Å². The number of amides is 1. The van der Waals surface area contributed by atoms with E-state index in [-0.39, 0.29) is 26.5 Å². The summed E-state index contributed by atoms with van der Waals surface area (Å²) in [7, 11) is 1.50. The first-order valence-electron chi connectivity index (χ1n) is 9.19. The largest absolute Gasteiger partial charge is 0.497 e. The van der Waals surface area contributed by atoms with Crippen molar-refractivity contribution < 1.29 is 22.7 Å². The van der Waals surface area contributed by atoms with Crippen molar-refractivity contribution in [1.82, 2.24) is 4.98 Å². The first-order valence-corrected chi connectivity index (χ1v) is 10.8. The Bertz CT molecular complexity index is 1300. The van der Waals surface area contributed by atoms with Crippen molar-refractivity contribution in [3.05, 3.63) is 69.5 Å². The number of ether oxygens (including phenoxy) is 1. The Kier molecular flexibility index (Phi) is 5.83. The first kappa shape index (κ1) is 22.1. The molecule has 0 spiro atoms. The number of carbonyl (C=O) groups excluding carboxylic acids is 1. The van der Waals surface area contributed by atoms with Gasteiger partial charge in [0.15, 0.2) is 0 Å². The number of anilines is 2. The fourth-order valence-corrected chi connectivity index (χ4v) is 4.42. The zero-order valence-electron chi connectivity index (χ0n) is 16.5. The van der Waals surface area contributed by atoms with Gasteiger partial charge in [0.25, 0.3) is 5.91 Å². The van der Waals surface area contributed by atoms with Crippen LogP contribution < -0.4 is 15.8 Å². The molecule has 2 heterocycles. The molecule has 2 aromatic heterocycles. The molecular formula is C22H15BrF3N3O2S. The summed E-state index contributed by atoms with van der Waals surface area (Å²) in [6, 6.07) is 14.2. The van der Waals surface area contributed by atoms with Gasteiger partial charge in [-0.2, -0.15) is 13.2 Å². The monoisotopic (exact) mass is 521 g/mol. The Hall–Kier alpha value is -3.11. The molecule has 0 saturated carbocycles. The van der Waals surface area contributed by atoms with E-state index in [2.05, 4.69) is 26.2 Å². The molecule has 0 bridgehead atoms. The second-order valence-corrected chi connectivity index (χ2v) is 8.68. The number of nitrogens with two attached hydrogens (primary N) is 1. The maximum Gasteiger partial charge on any atom is 0.417 e. The lowest BCUT2D eigenvalue weighted by molar-refractivity contribution is -0.136. The number of pyridine rings is 1. The number of aromatic nitrogens is 1. The molecule has 5 nitrogen and oxygen atoms in total. The lowest BCUT2D eigenvalue weighted by Gasteiger charge is -2.11. The third-order valence-corrected chi connectivity index (χ3v) is 6.33. The van der Waals surface area contributed by atoms with Gasteiger partial charge in [0, 0.05) is 21.1 Å². The first-order chi connectivity index (χ1) is 15.2. The average molecular weight is 522 g/mol. The fourth-order valence-electron chi connectivity index (χ4n) is 3.14. The number of hydrogen-bond acceptors (Lipinski definition) is 5. The molecule has 0 aliphatic carbocycles. The smallest absolute Gasteiger partial charge is 0.417 e. The summed E-state index contributed by atoms with van der Waals surface area (Å²) >= 11 is 4.12. The number of carbonyl (C=O) groups is 1. The molecule has 2 aromatic carbocycles.